The molecule has 1 aromatic carbocycles. The van der Waals surface area contributed by atoms with Gasteiger partial charge in [-0.05, 0) is 63.9 Å². The summed E-state index contributed by atoms with van der Waals surface area (Å²) in [5.74, 6) is -2.50. The summed E-state index contributed by atoms with van der Waals surface area (Å²) in [6.45, 7) is 2.94. The Labute approximate surface area is 177 Å². The molecule has 29 heavy (non-hydrogen) atoms. The first-order valence-corrected chi connectivity index (χ1v) is 9.95. The minimum absolute atomic E-state index is 0.0645. The predicted octanol–water partition coefficient (Wildman–Crippen LogP) is 3.87. The number of esters is 1. The third-order valence-corrected chi connectivity index (χ3v) is 5.23. The van der Waals surface area contributed by atoms with Gasteiger partial charge in [-0.25, -0.2) is 14.1 Å². The van der Waals surface area contributed by atoms with E-state index in [-0.39, 0.29) is 27.4 Å². The van der Waals surface area contributed by atoms with Gasteiger partial charge in [-0.3, -0.25) is 9.59 Å². The summed E-state index contributed by atoms with van der Waals surface area (Å²) >= 11 is 11.2. The average molecular weight is 440 g/mol. The van der Waals surface area contributed by atoms with E-state index in [0.29, 0.717) is 24.0 Å². The molecule has 0 N–H and O–H groups in total. The Morgan fingerprint density at radius 3 is 2.34 bits per heavy atom. The Kier molecular flexibility index (Phi) is 6.33. The smallest absolute Gasteiger partial charge is 0.344 e. The van der Waals surface area contributed by atoms with Crippen LogP contribution < -0.4 is 4.90 Å². The molecule has 1 aromatic rings. The zero-order valence-corrected chi connectivity index (χ0v) is 17.5. The van der Waals surface area contributed by atoms with E-state index >= 15 is 0 Å². The topological polar surface area (TPSA) is 72.9 Å². The van der Waals surface area contributed by atoms with Gasteiger partial charge in [0.1, 0.15) is 5.82 Å². The molecule has 1 aliphatic heterocycles. The lowest BCUT2D eigenvalue weighted by molar-refractivity contribution is -0.150. The number of thiocarbonyl (C=S) groups is 1. The molecular formula is C20H19ClFNO5S. The van der Waals surface area contributed by atoms with Gasteiger partial charge in [0.2, 0.25) is 0 Å². The molecule has 0 aromatic heterocycles. The second-order valence-corrected chi connectivity index (χ2v) is 7.79. The molecule has 6 nitrogen and oxygen atoms in total. The van der Waals surface area contributed by atoms with Crippen LogP contribution in [0.5, 0.6) is 0 Å². The maximum absolute atomic E-state index is 14.6. The molecule has 1 heterocycles. The van der Waals surface area contributed by atoms with Gasteiger partial charge in [-0.2, -0.15) is 0 Å². The zero-order chi connectivity index (χ0) is 21.3. The molecule has 0 saturated carbocycles. The number of carbonyl (C=O) groups excluding carboxylic acids is 3. The lowest BCUT2D eigenvalue weighted by atomic mass is 9.93. The SMILES string of the molecule is CC(C)OC(=O)COC(=S)c1cc(N2C(=O)C3=C(CCCC3)C2=O)c(F)cc1Cl. The highest BCUT2D eigenvalue weighted by molar-refractivity contribution is 7.80. The van der Waals surface area contributed by atoms with Crippen molar-refractivity contribution in [2.24, 2.45) is 0 Å². The number of amides is 2. The van der Waals surface area contributed by atoms with Crippen molar-refractivity contribution in [2.75, 3.05) is 11.5 Å². The van der Waals surface area contributed by atoms with Crippen LogP contribution in [0.1, 0.15) is 45.1 Å². The summed E-state index contributed by atoms with van der Waals surface area (Å²) in [4.78, 5) is 37.9. The van der Waals surface area contributed by atoms with Crippen LogP contribution in [-0.2, 0) is 23.9 Å². The lowest BCUT2D eigenvalue weighted by Gasteiger charge is -2.18. The highest BCUT2D eigenvalue weighted by atomic mass is 35.5. The van der Waals surface area contributed by atoms with Gasteiger partial charge in [0.15, 0.2) is 11.7 Å². The van der Waals surface area contributed by atoms with Gasteiger partial charge < -0.3 is 9.47 Å². The Balaban J connectivity index is 1.85. The largest absolute Gasteiger partial charge is 0.471 e. The third kappa shape index (κ3) is 4.33. The fourth-order valence-electron chi connectivity index (χ4n) is 3.32. The van der Waals surface area contributed by atoms with E-state index in [2.05, 4.69) is 0 Å². The average Bonchev–Trinajstić information content (AvgIpc) is 2.91. The van der Waals surface area contributed by atoms with E-state index in [1.165, 1.54) is 6.07 Å². The molecule has 2 amide bonds. The van der Waals surface area contributed by atoms with Crippen LogP contribution in [0.25, 0.3) is 0 Å². The van der Waals surface area contributed by atoms with Gasteiger partial charge in [0.05, 0.1) is 16.8 Å². The number of benzene rings is 1. The first-order valence-electron chi connectivity index (χ1n) is 9.17. The minimum atomic E-state index is -0.831. The number of halogens is 2. The molecule has 0 fully saturated rings. The van der Waals surface area contributed by atoms with Crippen LogP contribution in [0.3, 0.4) is 0 Å². The number of ether oxygens (including phenoxy) is 2. The number of anilines is 1. The minimum Gasteiger partial charge on any atom is -0.471 e. The highest BCUT2D eigenvalue weighted by Crippen LogP contribution is 2.38. The molecule has 0 unspecified atom stereocenters. The van der Waals surface area contributed by atoms with E-state index in [0.717, 1.165) is 23.8 Å². The first-order chi connectivity index (χ1) is 13.7. The van der Waals surface area contributed by atoms with Gasteiger partial charge >= 0.3 is 5.97 Å². The van der Waals surface area contributed by atoms with Crippen molar-refractivity contribution < 1.29 is 28.2 Å². The second-order valence-electron chi connectivity index (χ2n) is 7.01. The fraction of sp³-hybridized carbons (Fsp3) is 0.400. The predicted molar refractivity (Wildman–Crippen MR) is 108 cm³/mol. The highest BCUT2D eigenvalue weighted by Gasteiger charge is 2.41. The van der Waals surface area contributed by atoms with Crippen molar-refractivity contribution in [1.82, 2.24) is 0 Å². The standard InChI is InChI=1S/C20H19ClFNO5S/c1-10(2)28-17(24)9-27-20(29)13-7-16(15(22)8-14(13)21)23-18(25)11-5-3-4-6-12(11)19(23)26/h7-8,10H,3-6,9H2,1-2H3. The molecular weight excluding hydrogens is 421 g/mol. The van der Waals surface area contributed by atoms with Crippen LogP contribution >= 0.6 is 23.8 Å². The molecule has 0 atom stereocenters. The van der Waals surface area contributed by atoms with Crippen molar-refractivity contribution in [2.45, 2.75) is 45.6 Å². The summed E-state index contributed by atoms with van der Waals surface area (Å²) in [6.07, 6.45) is 2.30. The number of imide groups is 1. The summed E-state index contributed by atoms with van der Waals surface area (Å²) in [5.41, 5.74) is 0.727. The van der Waals surface area contributed by atoms with Crippen molar-refractivity contribution in [1.29, 1.82) is 0 Å². The van der Waals surface area contributed by atoms with E-state index < -0.39 is 30.2 Å². The van der Waals surface area contributed by atoms with Gasteiger partial charge in [-0.1, -0.05) is 11.6 Å². The molecule has 0 spiro atoms. The maximum atomic E-state index is 14.6. The van der Waals surface area contributed by atoms with Crippen molar-refractivity contribution in [3.05, 3.63) is 39.7 Å². The summed E-state index contributed by atoms with van der Waals surface area (Å²) in [7, 11) is 0. The molecule has 154 valence electrons. The third-order valence-electron chi connectivity index (χ3n) is 4.58. The summed E-state index contributed by atoms with van der Waals surface area (Å²) < 4.78 is 24.8. The van der Waals surface area contributed by atoms with Crippen molar-refractivity contribution in [3.8, 4) is 0 Å². The van der Waals surface area contributed by atoms with Gasteiger partial charge in [0, 0.05) is 16.7 Å². The van der Waals surface area contributed by atoms with Gasteiger partial charge in [-0.15, -0.1) is 0 Å². The molecule has 1 aliphatic carbocycles. The van der Waals surface area contributed by atoms with Crippen LogP contribution in [-0.4, -0.2) is 35.5 Å². The summed E-state index contributed by atoms with van der Waals surface area (Å²) in [5, 5.41) is -0.237. The zero-order valence-electron chi connectivity index (χ0n) is 15.9. The van der Waals surface area contributed by atoms with E-state index in [9.17, 15) is 18.8 Å². The molecule has 3 rings (SSSR count). The monoisotopic (exact) mass is 439 g/mol. The molecule has 9 heteroatoms. The van der Waals surface area contributed by atoms with Crippen molar-refractivity contribution >= 4 is 52.3 Å². The quantitative estimate of drug-likeness (QED) is 0.394. The van der Waals surface area contributed by atoms with Crippen molar-refractivity contribution in [3.63, 3.8) is 0 Å². The normalized spacial score (nSPS) is 16.4. The summed E-state index contributed by atoms with van der Waals surface area (Å²) in [6, 6.07) is 2.16. The second kappa shape index (κ2) is 8.59. The van der Waals surface area contributed by atoms with Crippen LogP contribution in [0.4, 0.5) is 10.1 Å². The Morgan fingerprint density at radius 2 is 1.79 bits per heavy atom. The molecule has 2 aliphatic rings. The fourth-order valence-corrected chi connectivity index (χ4v) is 3.84. The number of hydrogen-bond donors (Lipinski definition) is 0. The van der Waals surface area contributed by atoms with Crippen LogP contribution in [0.2, 0.25) is 5.02 Å². The Morgan fingerprint density at radius 1 is 1.21 bits per heavy atom. The van der Waals surface area contributed by atoms with Gasteiger partial charge in [0.25, 0.3) is 11.8 Å². The number of hydrogen-bond acceptors (Lipinski definition) is 6. The molecule has 0 radical (unpaired) electrons. The Bertz CT molecular complexity index is 915. The maximum Gasteiger partial charge on any atom is 0.344 e. The van der Waals surface area contributed by atoms with Crippen LogP contribution in [0, 0.1) is 5.82 Å². The lowest BCUT2D eigenvalue weighted by Crippen LogP contribution is -2.32. The van der Waals surface area contributed by atoms with E-state index in [1.807, 2.05) is 0 Å². The number of nitrogens with zero attached hydrogens (tertiary/aromatic N) is 1. The number of carbonyl (C=O) groups is 3. The van der Waals surface area contributed by atoms with E-state index in [1.54, 1.807) is 13.8 Å². The number of rotatable bonds is 5. The first kappa shape index (κ1) is 21.4. The van der Waals surface area contributed by atoms with E-state index in [4.69, 9.17) is 33.3 Å². The molecule has 0 saturated heterocycles. The van der Waals surface area contributed by atoms with Crippen LogP contribution in [0.15, 0.2) is 23.3 Å². The molecule has 0 bridgehead atoms. The Hall–Kier alpha value is -2.32.